The first-order chi connectivity index (χ1) is 12.4. The summed E-state index contributed by atoms with van der Waals surface area (Å²) in [5.41, 5.74) is 8.34. The maximum absolute atomic E-state index is 12.5. The molecule has 2 N–H and O–H groups in total. The second-order valence-corrected chi connectivity index (χ2v) is 8.84. The highest BCUT2D eigenvalue weighted by atomic mass is 16.1. The summed E-state index contributed by atoms with van der Waals surface area (Å²) in [4.78, 5) is 26.9. The van der Waals surface area contributed by atoms with Gasteiger partial charge in [0.2, 0.25) is 5.91 Å². The molecule has 1 saturated heterocycles. The van der Waals surface area contributed by atoms with Gasteiger partial charge in [-0.05, 0) is 81.2 Å². The number of fused-ring (bicyclic) bond motifs is 1. The molecule has 3 atom stereocenters. The van der Waals surface area contributed by atoms with E-state index in [0.29, 0.717) is 36.1 Å². The van der Waals surface area contributed by atoms with Crippen molar-refractivity contribution in [1.82, 2.24) is 4.90 Å². The zero-order chi connectivity index (χ0) is 18.5. The highest BCUT2D eigenvalue weighted by Gasteiger charge is 2.51. The summed E-state index contributed by atoms with van der Waals surface area (Å²) in [6.07, 6.45) is 6.02. The van der Waals surface area contributed by atoms with Gasteiger partial charge in [0.1, 0.15) is 5.78 Å². The number of nitrogens with zero attached hydrogens (tertiary/aromatic N) is 1. The van der Waals surface area contributed by atoms with Crippen molar-refractivity contribution in [2.24, 2.45) is 17.6 Å². The number of nitrogens with two attached hydrogens (primary N) is 1. The third-order valence-electron chi connectivity index (χ3n) is 7.21. The first-order valence-electron chi connectivity index (χ1n) is 10.1. The monoisotopic (exact) mass is 354 g/mol. The van der Waals surface area contributed by atoms with Crippen LogP contribution in [0.5, 0.6) is 0 Å². The van der Waals surface area contributed by atoms with E-state index in [4.69, 9.17) is 5.73 Å². The van der Waals surface area contributed by atoms with Gasteiger partial charge in [0.05, 0.1) is 0 Å². The normalized spacial score (nSPS) is 32.3. The van der Waals surface area contributed by atoms with Crippen molar-refractivity contribution in [2.45, 2.75) is 63.8 Å². The van der Waals surface area contributed by atoms with Crippen molar-refractivity contribution in [2.75, 3.05) is 13.1 Å². The van der Waals surface area contributed by atoms with Crippen molar-refractivity contribution in [3.8, 4) is 0 Å². The first-order valence-corrected chi connectivity index (χ1v) is 10.1. The average molecular weight is 354 g/mol. The minimum absolute atomic E-state index is 0.135. The molecular weight excluding hydrogens is 324 g/mol. The number of benzene rings is 1. The Morgan fingerprint density at radius 3 is 2.77 bits per heavy atom. The molecule has 1 unspecified atom stereocenters. The maximum Gasteiger partial charge on any atom is 0.248 e. The van der Waals surface area contributed by atoms with E-state index in [9.17, 15) is 9.59 Å². The topological polar surface area (TPSA) is 63.4 Å². The van der Waals surface area contributed by atoms with Crippen molar-refractivity contribution in [3.05, 3.63) is 34.9 Å². The minimum Gasteiger partial charge on any atom is -0.366 e. The fourth-order valence-electron chi connectivity index (χ4n) is 5.57. The second kappa shape index (κ2) is 6.49. The molecule has 3 aliphatic rings. The number of aryl methyl sites for hydroxylation is 1. The average Bonchev–Trinajstić information content (AvgIpc) is 3.41. The molecular formula is C22H30N2O2. The largest absolute Gasteiger partial charge is 0.366 e. The van der Waals surface area contributed by atoms with Gasteiger partial charge in [-0.15, -0.1) is 0 Å². The van der Waals surface area contributed by atoms with E-state index < -0.39 is 0 Å². The molecule has 1 aliphatic heterocycles. The molecule has 2 saturated carbocycles. The van der Waals surface area contributed by atoms with E-state index in [-0.39, 0.29) is 11.3 Å². The predicted octanol–water partition coefficient (Wildman–Crippen LogP) is 3.21. The van der Waals surface area contributed by atoms with Crippen molar-refractivity contribution >= 4 is 11.7 Å². The third kappa shape index (κ3) is 2.98. The van der Waals surface area contributed by atoms with Crippen LogP contribution >= 0.6 is 0 Å². The first kappa shape index (κ1) is 17.7. The Bertz CT molecular complexity index is 740. The predicted molar refractivity (Wildman–Crippen MR) is 102 cm³/mol. The van der Waals surface area contributed by atoms with Crippen LogP contribution in [0.2, 0.25) is 0 Å². The molecule has 1 amide bonds. The van der Waals surface area contributed by atoms with E-state index in [1.807, 2.05) is 18.2 Å². The number of rotatable bonds is 4. The van der Waals surface area contributed by atoms with Gasteiger partial charge < -0.3 is 10.6 Å². The Balaban J connectivity index is 1.74. The highest BCUT2D eigenvalue weighted by Crippen LogP contribution is 2.52. The number of likely N-dealkylation sites (tertiary alicyclic amines) is 1. The molecule has 0 radical (unpaired) electrons. The second-order valence-electron chi connectivity index (χ2n) is 8.84. The van der Waals surface area contributed by atoms with E-state index >= 15 is 0 Å². The van der Waals surface area contributed by atoms with Gasteiger partial charge in [-0.25, -0.2) is 0 Å². The zero-order valence-electron chi connectivity index (χ0n) is 16.0. The van der Waals surface area contributed by atoms with Gasteiger partial charge in [-0.2, -0.15) is 0 Å². The lowest BCUT2D eigenvalue weighted by atomic mass is 9.56. The van der Waals surface area contributed by atoms with Gasteiger partial charge in [0.15, 0.2) is 0 Å². The molecule has 1 aromatic carbocycles. The summed E-state index contributed by atoms with van der Waals surface area (Å²) in [6.45, 7) is 6.71. The fourth-order valence-corrected chi connectivity index (χ4v) is 5.57. The van der Waals surface area contributed by atoms with Crippen molar-refractivity contribution in [1.29, 1.82) is 0 Å². The molecule has 1 heterocycles. The molecule has 4 heteroatoms. The smallest absolute Gasteiger partial charge is 0.248 e. The number of ketones is 1. The molecule has 2 aliphatic carbocycles. The Morgan fingerprint density at radius 2 is 2.08 bits per heavy atom. The Morgan fingerprint density at radius 1 is 1.31 bits per heavy atom. The van der Waals surface area contributed by atoms with Gasteiger partial charge >= 0.3 is 0 Å². The third-order valence-corrected chi connectivity index (χ3v) is 7.21. The van der Waals surface area contributed by atoms with Crippen LogP contribution in [0.25, 0.3) is 0 Å². The molecule has 0 spiro atoms. The molecule has 0 aromatic heterocycles. The van der Waals surface area contributed by atoms with Crippen LogP contribution in [0.15, 0.2) is 18.2 Å². The Labute approximate surface area is 156 Å². The minimum atomic E-state index is -0.388. The summed E-state index contributed by atoms with van der Waals surface area (Å²) < 4.78 is 0. The standard InChI is InChI=1S/C22H30N2O2/c1-14-3-6-17(21(23)26)11-20(14)22-9-10-24(13-16-4-5-16)15(2)19(22)8-7-18(25)12-22/h3,6,11,15-16,19H,4-5,7-10,12-13H2,1-2H3,(H2,23,26)/t15-,19?,22+/m1/s1. The lowest BCUT2D eigenvalue weighted by molar-refractivity contribution is -0.126. The molecule has 0 bridgehead atoms. The van der Waals surface area contributed by atoms with Gasteiger partial charge in [0, 0.05) is 36.4 Å². The quantitative estimate of drug-likeness (QED) is 0.903. The SMILES string of the molecule is Cc1ccc(C(N)=O)cc1[C@]12CCN(CC3CC3)[C@H](C)C1CCC(=O)C2. The summed E-state index contributed by atoms with van der Waals surface area (Å²) in [5.74, 6) is 1.33. The number of primary amides is 1. The maximum atomic E-state index is 12.5. The summed E-state index contributed by atoms with van der Waals surface area (Å²) in [6, 6.07) is 6.27. The highest BCUT2D eigenvalue weighted by molar-refractivity contribution is 5.93. The Kier molecular flexibility index (Phi) is 4.42. The lowest BCUT2D eigenvalue weighted by Gasteiger charge is -2.55. The van der Waals surface area contributed by atoms with Crippen LogP contribution in [-0.4, -0.2) is 35.7 Å². The molecule has 26 heavy (non-hydrogen) atoms. The van der Waals surface area contributed by atoms with Crippen molar-refractivity contribution < 1.29 is 9.59 Å². The van der Waals surface area contributed by atoms with Crippen LogP contribution in [0.4, 0.5) is 0 Å². The number of Topliss-reactive ketones (excluding diaryl/α,β-unsaturated/α-hetero) is 1. The van der Waals surface area contributed by atoms with Gasteiger partial charge in [-0.3, -0.25) is 9.59 Å². The van der Waals surface area contributed by atoms with Crippen LogP contribution in [0.3, 0.4) is 0 Å². The van der Waals surface area contributed by atoms with Gasteiger partial charge in [-0.1, -0.05) is 6.07 Å². The number of piperidine rings is 1. The Hall–Kier alpha value is -1.68. The van der Waals surface area contributed by atoms with Gasteiger partial charge in [0.25, 0.3) is 0 Å². The summed E-state index contributed by atoms with van der Waals surface area (Å²) in [5, 5.41) is 0. The van der Waals surface area contributed by atoms with E-state index in [1.54, 1.807) is 0 Å². The number of carbonyl (C=O) groups excluding carboxylic acids is 2. The number of hydrogen-bond donors (Lipinski definition) is 1. The summed E-state index contributed by atoms with van der Waals surface area (Å²) in [7, 11) is 0. The van der Waals surface area contributed by atoms with E-state index in [0.717, 1.165) is 25.3 Å². The number of carbonyl (C=O) groups is 2. The van der Waals surface area contributed by atoms with Crippen LogP contribution in [-0.2, 0) is 10.2 Å². The zero-order valence-corrected chi connectivity index (χ0v) is 16.0. The van der Waals surface area contributed by atoms with E-state index in [2.05, 4.69) is 18.7 Å². The van der Waals surface area contributed by atoms with E-state index in [1.165, 1.54) is 30.5 Å². The van der Waals surface area contributed by atoms with Crippen LogP contribution < -0.4 is 5.73 Å². The van der Waals surface area contributed by atoms with Crippen LogP contribution in [0, 0.1) is 18.8 Å². The number of hydrogen-bond acceptors (Lipinski definition) is 3. The molecule has 4 rings (SSSR count). The van der Waals surface area contributed by atoms with Crippen LogP contribution in [0.1, 0.15) is 66.9 Å². The number of amides is 1. The van der Waals surface area contributed by atoms with Crippen molar-refractivity contribution in [3.63, 3.8) is 0 Å². The lowest BCUT2D eigenvalue weighted by Crippen LogP contribution is -2.58. The fraction of sp³-hybridized carbons (Fsp3) is 0.636. The molecule has 1 aromatic rings. The summed E-state index contributed by atoms with van der Waals surface area (Å²) >= 11 is 0. The molecule has 140 valence electrons. The molecule has 4 nitrogen and oxygen atoms in total. The molecule has 3 fully saturated rings.